The number of nitrogens with zero attached hydrogens (tertiary/aromatic N) is 1. The third-order valence-corrected chi connectivity index (χ3v) is 9.89. The van der Waals surface area contributed by atoms with Crippen LogP contribution in [-0.4, -0.2) is 4.57 Å². The van der Waals surface area contributed by atoms with Crippen LogP contribution in [0.15, 0.2) is 188 Å². The zero-order valence-electron chi connectivity index (χ0n) is 27.7. The minimum atomic E-state index is 0.758. The molecule has 1 aromatic heterocycles. The Morgan fingerprint density at radius 3 is 1.75 bits per heavy atom. The number of aromatic nitrogens is 1. The van der Waals surface area contributed by atoms with E-state index in [9.17, 15) is 0 Å². The van der Waals surface area contributed by atoms with Crippen molar-refractivity contribution in [3.8, 4) is 73.2 Å². The first-order valence-electron chi connectivity index (χ1n) is 17.3. The van der Waals surface area contributed by atoms with E-state index in [4.69, 9.17) is 9.47 Å². The van der Waals surface area contributed by atoms with Crippen molar-refractivity contribution in [2.75, 3.05) is 0 Å². The zero-order valence-corrected chi connectivity index (χ0v) is 27.7. The molecule has 3 nitrogen and oxygen atoms in total. The molecule has 0 aliphatic carbocycles. The van der Waals surface area contributed by atoms with Crippen LogP contribution in [-0.2, 0) is 0 Å². The molecule has 2 heterocycles. The van der Waals surface area contributed by atoms with Gasteiger partial charge < -0.3 is 14.0 Å². The maximum atomic E-state index is 7.18. The quantitative estimate of drug-likeness (QED) is 0.189. The predicted octanol–water partition coefficient (Wildman–Crippen LogP) is 13.3. The Morgan fingerprint density at radius 1 is 0.333 bits per heavy atom. The highest BCUT2D eigenvalue weighted by Crippen LogP contribution is 2.50. The summed E-state index contributed by atoms with van der Waals surface area (Å²) in [7, 11) is 0. The summed E-state index contributed by atoms with van der Waals surface area (Å²) in [6.07, 6.45) is 0. The van der Waals surface area contributed by atoms with Gasteiger partial charge in [0.2, 0.25) is 0 Å². The lowest BCUT2D eigenvalue weighted by Crippen LogP contribution is -1.99. The zero-order chi connectivity index (χ0) is 33.7. The molecule has 9 aromatic rings. The number of rotatable bonds is 3. The molecule has 10 rings (SSSR count). The molecule has 0 unspecified atom stereocenters. The molecule has 0 saturated heterocycles. The Hall–Kier alpha value is -6.84. The van der Waals surface area contributed by atoms with Gasteiger partial charge in [-0.25, -0.2) is 0 Å². The lowest BCUT2D eigenvalue weighted by atomic mass is 9.92. The second-order valence-corrected chi connectivity index (χ2v) is 12.8. The number of hydrogen-bond donors (Lipinski definition) is 0. The summed E-state index contributed by atoms with van der Waals surface area (Å²) < 4.78 is 16.4. The SMILES string of the molecule is c1ccc(-c2cccc3c2-c2ccccc2Oc2ccccc2-c2ccc(-c4cccc5c6ccccc6n(-c6ccccc6)c45)cc2O3)cc1. The molecule has 0 fully saturated rings. The van der Waals surface area contributed by atoms with Crippen LogP contribution in [0, 0.1) is 0 Å². The molecule has 0 atom stereocenters. The van der Waals surface area contributed by atoms with E-state index < -0.39 is 0 Å². The van der Waals surface area contributed by atoms with Crippen LogP contribution in [0.5, 0.6) is 23.0 Å². The molecule has 8 aromatic carbocycles. The van der Waals surface area contributed by atoms with Crippen LogP contribution >= 0.6 is 0 Å². The minimum Gasteiger partial charge on any atom is -0.456 e. The normalized spacial score (nSPS) is 11.8. The Morgan fingerprint density at radius 2 is 0.902 bits per heavy atom. The summed E-state index contributed by atoms with van der Waals surface area (Å²) >= 11 is 0. The fourth-order valence-electron chi connectivity index (χ4n) is 7.62. The first-order chi connectivity index (χ1) is 25.3. The Balaban J connectivity index is 1.25. The van der Waals surface area contributed by atoms with Crippen molar-refractivity contribution in [2.45, 2.75) is 0 Å². The standard InChI is InChI=1S/C48H31NO2/c1-3-15-32(16-4-1)35-22-14-28-45-47(35)41-21-9-12-27-44(41)50-43-26-11-8-20-38(43)39-30-29-33(31-46(39)51-45)36-23-13-24-40-37-19-7-10-25-42(37)49(48(36)40)34-17-5-2-6-18-34/h1-31H. The number of benzene rings is 8. The first kappa shape index (κ1) is 29.1. The van der Waals surface area contributed by atoms with Crippen molar-refractivity contribution in [3.05, 3.63) is 188 Å². The lowest BCUT2D eigenvalue weighted by molar-refractivity contribution is 0.472. The second-order valence-electron chi connectivity index (χ2n) is 12.8. The summed E-state index contributed by atoms with van der Waals surface area (Å²) in [6.45, 7) is 0. The summed E-state index contributed by atoms with van der Waals surface area (Å²) in [4.78, 5) is 0. The molecule has 51 heavy (non-hydrogen) atoms. The molecule has 0 radical (unpaired) electrons. The molecule has 1 aliphatic heterocycles. The van der Waals surface area contributed by atoms with Crippen molar-refractivity contribution >= 4 is 21.8 Å². The first-order valence-corrected chi connectivity index (χ1v) is 17.3. The Kier molecular flexibility index (Phi) is 6.81. The van der Waals surface area contributed by atoms with E-state index in [1.165, 1.54) is 16.3 Å². The molecule has 0 N–H and O–H groups in total. The van der Waals surface area contributed by atoms with Gasteiger partial charge in [0.05, 0.1) is 11.0 Å². The van der Waals surface area contributed by atoms with Gasteiger partial charge in [0.1, 0.15) is 23.0 Å². The molecular formula is C48H31NO2. The van der Waals surface area contributed by atoms with Gasteiger partial charge in [-0.1, -0.05) is 140 Å². The van der Waals surface area contributed by atoms with E-state index in [2.05, 4.69) is 162 Å². The van der Waals surface area contributed by atoms with Crippen molar-refractivity contribution < 1.29 is 9.47 Å². The smallest absolute Gasteiger partial charge is 0.136 e. The maximum Gasteiger partial charge on any atom is 0.136 e. The number of para-hydroxylation sites is 5. The molecule has 0 saturated carbocycles. The molecule has 0 amide bonds. The summed E-state index contributed by atoms with van der Waals surface area (Å²) in [6, 6.07) is 65.7. The van der Waals surface area contributed by atoms with Crippen molar-refractivity contribution in [3.63, 3.8) is 0 Å². The van der Waals surface area contributed by atoms with E-state index in [0.717, 1.165) is 78.7 Å². The lowest BCUT2D eigenvalue weighted by Gasteiger charge is -2.23. The van der Waals surface area contributed by atoms with Crippen LogP contribution in [0.2, 0.25) is 0 Å². The molecule has 240 valence electrons. The Labute approximate surface area is 296 Å². The Bertz CT molecular complexity index is 2740. The minimum absolute atomic E-state index is 0.758. The average Bonchev–Trinajstić information content (AvgIpc) is 3.54. The van der Waals surface area contributed by atoms with E-state index >= 15 is 0 Å². The van der Waals surface area contributed by atoms with Crippen molar-refractivity contribution in [2.24, 2.45) is 0 Å². The summed E-state index contributed by atoms with van der Waals surface area (Å²) in [5.41, 5.74) is 11.7. The number of hydrogen-bond acceptors (Lipinski definition) is 2. The van der Waals surface area contributed by atoms with Crippen LogP contribution in [0.25, 0.3) is 72.0 Å². The van der Waals surface area contributed by atoms with Gasteiger partial charge in [0, 0.05) is 44.3 Å². The third-order valence-electron chi connectivity index (χ3n) is 9.89. The molecule has 0 spiro atoms. The van der Waals surface area contributed by atoms with E-state index in [1.807, 2.05) is 30.3 Å². The van der Waals surface area contributed by atoms with E-state index in [0.29, 0.717) is 0 Å². The topological polar surface area (TPSA) is 23.4 Å². The van der Waals surface area contributed by atoms with Crippen LogP contribution in [0.1, 0.15) is 0 Å². The van der Waals surface area contributed by atoms with Crippen LogP contribution in [0.3, 0.4) is 0 Å². The molecule has 1 aliphatic rings. The van der Waals surface area contributed by atoms with Gasteiger partial charge in [-0.15, -0.1) is 0 Å². The maximum absolute atomic E-state index is 7.18. The molecule has 3 heteroatoms. The fourth-order valence-corrected chi connectivity index (χ4v) is 7.62. The second kappa shape index (κ2) is 11.9. The highest BCUT2D eigenvalue weighted by molar-refractivity contribution is 6.14. The van der Waals surface area contributed by atoms with Gasteiger partial charge in [0.15, 0.2) is 0 Å². The van der Waals surface area contributed by atoms with Gasteiger partial charge in [0.25, 0.3) is 0 Å². The number of fused-ring (bicyclic) bond motifs is 9. The van der Waals surface area contributed by atoms with E-state index in [1.54, 1.807) is 0 Å². The van der Waals surface area contributed by atoms with Crippen molar-refractivity contribution in [1.29, 1.82) is 0 Å². The summed E-state index contributed by atoms with van der Waals surface area (Å²) in [5, 5.41) is 2.43. The number of ether oxygens (including phenoxy) is 2. The fraction of sp³-hybridized carbons (Fsp3) is 0. The molecular weight excluding hydrogens is 623 g/mol. The highest BCUT2D eigenvalue weighted by atomic mass is 16.5. The van der Waals surface area contributed by atoms with Gasteiger partial charge in [-0.3, -0.25) is 0 Å². The van der Waals surface area contributed by atoms with Crippen LogP contribution < -0.4 is 9.47 Å². The predicted molar refractivity (Wildman–Crippen MR) is 209 cm³/mol. The monoisotopic (exact) mass is 653 g/mol. The van der Waals surface area contributed by atoms with Crippen molar-refractivity contribution in [1.82, 2.24) is 4.57 Å². The average molecular weight is 654 g/mol. The highest BCUT2D eigenvalue weighted by Gasteiger charge is 2.24. The molecule has 0 bridgehead atoms. The van der Waals surface area contributed by atoms with Crippen LogP contribution in [0.4, 0.5) is 0 Å². The van der Waals surface area contributed by atoms with E-state index in [-0.39, 0.29) is 0 Å². The third kappa shape index (κ3) is 4.82. The van der Waals surface area contributed by atoms with Gasteiger partial charge in [-0.2, -0.15) is 0 Å². The van der Waals surface area contributed by atoms with Gasteiger partial charge >= 0.3 is 0 Å². The summed E-state index contributed by atoms with van der Waals surface area (Å²) in [5.74, 6) is 3.07. The van der Waals surface area contributed by atoms with Gasteiger partial charge in [-0.05, 0) is 65.2 Å². The largest absolute Gasteiger partial charge is 0.456 e.